The zero-order valence-electron chi connectivity index (χ0n) is 8.87. The van der Waals surface area contributed by atoms with Crippen LogP contribution in [0, 0.1) is 6.92 Å². The number of hydrogen-bond donors (Lipinski definition) is 2. The third-order valence-electron chi connectivity index (χ3n) is 2.46. The summed E-state index contributed by atoms with van der Waals surface area (Å²) in [5.74, 6) is -2.45. The lowest BCUT2D eigenvalue weighted by atomic mass is 9.96. The number of phenolic OH excluding ortho intramolecular Hbond substituents is 1. The molecule has 1 unspecified atom stereocenters. The predicted molar refractivity (Wildman–Crippen MR) is 53.9 cm³/mol. The van der Waals surface area contributed by atoms with Gasteiger partial charge in [0.15, 0.2) is 0 Å². The average molecular weight is 230 g/mol. The quantitative estimate of drug-likeness (QED) is 0.839. The van der Waals surface area contributed by atoms with Gasteiger partial charge in [0, 0.05) is 0 Å². The number of aromatic hydroxyl groups is 1. The summed E-state index contributed by atoms with van der Waals surface area (Å²) in [6.07, 6.45) is -2.82. The first kappa shape index (κ1) is 12.4. The Morgan fingerprint density at radius 2 is 1.94 bits per heavy atom. The SMILES string of the molecule is Cc1cc(C(C)C(=O)O)cc(C(F)F)c1O. The van der Waals surface area contributed by atoms with Crippen molar-refractivity contribution in [2.75, 3.05) is 0 Å². The molecule has 0 heterocycles. The van der Waals surface area contributed by atoms with Crippen LogP contribution in [0.1, 0.15) is 36.0 Å². The Hall–Kier alpha value is -1.65. The van der Waals surface area contributed by atoms with Crippen molar-refractivity contribution in [1.82, 2.24) is 0 Å². The summed E-state index contributed by atoms with van der Waals surface area (Å²) in [7, 11) is 0. The number of benzene rings is 1. The second kappa shape index (κ2) is 4.47. The second-order valence-electron chi connectivity index (χ2n) is 3.64. The molecule has 0 bridgehead atoms. The van der Waals surface area contributed by atoms with E-state index in [9.17, 15) is 18.7 Å². The molecule has 0 aliphatic rings. The molecule has 1 rings (SSSR count). The van der Waals surface area contributed by atoms with Gasteiger partial charge in [-0.15, -0.1) is 0 Å². The number of aryl methyl sites for hydroxylation is 1. The molecular weight excluding hydrogens is 218 g/mol. The molecule has 0 aliphatic carbocycles. The van der Waals surface area contributed by atoms with Gasteiger partial charge in [0.2, 0.25) is 0 Å². The first-order valence-corrected chi connectivity index (χ1v) is 4.69. The van der Waals surface area contributed by atoms with E-state index < -0.39 is 29.6 Å². The Morgan fingerprint density at radius 1 is 1.38 bits per heavy atom. The maximum Gasteiger partial charge on any atom is 0.310 e. The normalized spacial score (nSPS) is 12.8. The van der Waals surface area contributed by atoms with Crippen LogP contribution in [-0.2, 0) is 4.79 Å². The molecule has 0 fully saturated rings. The topological polar surface area (TPSA) is 57.5 Å². The van der Waals surface area contributed by atoms with Crippen LogP contribution in [-0.4, -0.2) is 16.2 Å². The first-order chi connectivity index (χ1) is 7.34. The van der Waals surface area contributed by atoms with Crippen LogP contribution in [0.15, 0.2) is 12.1 Å². The molecule has 2 N–H and O–H groups in total. The summed E-state index contributed by atoms with van der Waals surface area (Å²) in [5.41, 5.74) is -0.0119. The number of aliphatic carboxylic acids is 1. The lowest BCUT2D eigenvalue weighted by Crippen LogP contribution is -2.08. The minimum Gasteiger partial charge on any atom is -0.507 e. The van der Waals surface area contributed by atoms with E-state index in [1.54, 1.807) is 0 Å². The number of carbonyl (C=O) groups is 1. The van der Waals surface area contributed by atoms with Gasteiger partial charge in [-0.2, -0.15) is 0 Å². The highest BCUT2D eigenvalue weighted by Crippen LogP contribution is 2.34. The van der Waals surface area contributed by atoms with Gasteiger partial charge in [0.1, 0.15) is 5.75 Å². The molecule has 1 aromatic carbocycles. The van der Waals surface area contributed by atoms with Crippen molar-refractivity contribution in [2.24, 2.45) is 0 Å². The molecule has 0 saturated carbocycles. The van der Waals surface area contributed by atoms with Gasteiger partial charge in [-0.1, -0.05) is 6.07 Å². The summed E-state index contributed by atoms with van der Waals surface area (Å²) in [6, 6.07) is 2.44. The third kappa shape index (κ3) is 2.29. The molecule has 3 nitrogen and oxygen atoms in total. The molecule has 1 atom stereocenters. The molecule has 5 heteroatoms. The Kier molecular flexibility index (Phi) is 3.47. The second-order valence-corrected chi connectivity index (χ2v) is 3.64. The lowest BCUT2D eigenvalue weighted by molar-refractivity contribution is -0.138. The zero-order chi connectivity index (χ0) is 12.5. The molecule has 0 radical (unpaired) electrons. The molecular formula is C11H12F2O3. The van der Waals surface area contributed by atoms with Crippen LogP contribution >= 0.6 is 0 Å². The van der Waals surface area contributed by atoms with Gasteiger partial charge in [-0.25, -0.2) is 8.78 Å². The fraction of sp³-hybridized carbons (Fsp3) is 0.364. The fourth-order valence-electron chi connectivity index (χ4n) is 1.39. The summed E-state index contributed by atoms with van der Waals surface area (Å²) in [4.78, 5) is 10.7. The van der Waals surface area contributed by atoms with E-state index in [1.807, 2.05) is 0 Å². The highest BCUT2D eigenvalue weighted by atomic mass is 19.3. The van der Waals surface area contributed by atoms with Gasteiger partial charge in [0.05, 0.1) is 11.5 Å². The van der Waals surface area contributed by atoms with E-state index >= 15 is 0 Å². The van der Waals surface area contributed by atoms with Gasteiger partial charge in [0.25, 0.3) is 6.43 Å². The van der Waals surface area contributed by atoms with E-state index in [-0.39, 0.29) is 11.1 Å². The van der Waals surface area contributed by atoms with Crippen LogP contribution in [0.5, 0.6) is 5.75 Å². The summed E-state index contributed by atoms with van der Waals surface area (Å²) >= 11 is 0. The molecule has 16 heavy (non-hydrogen) atoms. The van der Waals surface area contributed by atoms with Crippen molar-refractivity contribution in [3.63, 3.8) is 0 Å². The molecule has 0 aromatic heterocycles. The molecule has 0 aliphatic heterocycles. The highest BCUT2D eigenvalue weighted by Gasteiger charge is 2.20. The Bertz CT molecular complexity index is 416. The maximum absolute atomic E-state index is 12.5. The Balaban J connectivity index is 3.29. The van der Waals surface area contributed by atoms with E-state index in [2.05, 4.69) is 0 Å². The van der Waals surface area contributed by atoms with Crippen molar-refractivity contribution in [2.45, 2.75) is 26.2 Å². The fourth-order valence-corrected chi connectivity index (χ4v) is 1.39. The number of alkyl halides is 2. The van der Waals surface area contributed by atoms with Crippen molar-refractivity contribution in [3.05, 3.63) is 28.8 Å². The van der Waals surface area contributed by atoms with Crippen LogP contribution in [0.2, 0.25) is 0 Å². The van der Waals surface area contributed by atoms with Crippen LogP contribution in [0.4, 0.5) is 8.78 Å². The van der Waals surface area contributed by atoms with Crippen LogP contribution in [0.25, 0.3) is 0 Å². The third-order valence-corrected chi connectivity index (χ3v) is 2.46. The van der Waals surface area contributed by atoms with Gasteiger partial charge >= 0.3 is 5.97 Å². The minimum atomic E-state index is -2.82. The number of carboxylic acid groups (broad SMARTS) is 1. The number of hydrogen-bond acceptors (Lipinski definition) is 2. The molecule has 88 valence electrons. The molecule has 0 amide bonds. The Labute approximate surface area is 91.3 Å². The van der Waals surface area contributed by atoms with E-state index in [0.29, 0.717) is 0 Å². The van der Waals surface area contributed by atoms with Crippen LogP contribution in [0.3, 0.4) is 0 Å². The number of halogens is 2. The summed E-state index contributed by atoms with van der Waals surface area (Å²) in [6.45, 7) is 2.86. The van der Waals surface area contributed by atoms with Crippen LogP contribution < -0.4 is 0 Å². The molecule has 1 aromatic rings. The standard InChI is InChI=1S/C11H12F2O3/c1-5-3-7(6(2)11(15)16)4-8(9(5)14)10(12)13/h3-4,6,10,14H,1-2H3,(H,15,16). The first-order valence-electron chi connectivity index (χ1n) is 4.69. The molecule has 0 saturated heterocycles. The van der Waals surface area contributed by atoms with Gasteiger partial charge in [-0.3, -0.25) is 4.79 Å². The van der Waals surface area contributed by atoms with E-state index in [4.69, 9.17) is 5.11 Å². The van der Waals surface area contributed by atoms with Gasteiger partial charge < -0.3 is 10.2 Å². The van der Waals surface area contributed by atoms with Crippen molar-refractivity contribution >= 4 is 5.97 Å². The minimum absolute atomic E-state index is 0.251. The largest absolute Gasteiger partial charge is 0.507 e. The summed E-state index contributed by atoms with van der Waals surface area (Å²) in [5, 5.41) is 18.2. The van der Waals surface area contributed by atoms with E-state index in [0.717, 1.165) is 6.07 Å². The lowest BCUT2D eigenvalue weighted by Gasteiger charge is -2.12. The maximum atomic E-state index is 12.5. The molecule has 0 spiro atoms. The number of carboxylic acids is 1. The monoisotopic (exact) mass is 230 g/mol. The van der Waals surface area contributed by atoms with Crippen molar-refractivity contribution < 1.29 is 23.8 Å². The predicted octanol–water partition coefficient (Wildman–Crippen LogP) is 2.83. The van der Waals surface area contributed by atoms with Gasteiger partial charge in [-0.05, 0) is 31.0 Å². The smallest absolute Gasteiger partial charge is 0.310 e. The van der Waals surface area contributed by atoms with E-state index in [1.165, 1.54) is 19.9 Å². The number of phenols is 1. The Morgan fingerprint density at radius 3 is 2.38 bits per heavy atom. The summed E-state index contributed by atoms with van der Waals surface area (Å²) < 4.78 is 25.1. The highest BCUT2D eigenvalue weighted by molar-refractivity contribution is 5.76. The number of rotatable bonds is 3. The zero-order valence-corrected chi connectivity index (χ0v) is 8.87. The average Bonchev–Trinajstić information content (AvgIpc) is 2.20. The van der Waals surface area contributed by atoms with Crippen molar-refractivity contribution in [3.8, 4) is 5.75 Å². The van der Waals surface area contributed by atoms with Crippen molar-refractivity contribution in [1.29, 1.82) is 0 Å².